The molecule has 2 aromatic carbocycles. The molecule has 0 bridgehead atoms. The highest BCUT2D eigenvalue weighted by molar-refractivity contribution is 6.33. The van der Waals surface area contributed by atoms with Crippen molar-refractivity contribution in [2.75, 3.05) is 18.5 Å². The third kappa shape index (κ3) is 3.55. The lowest BCUT2D eigenvalue weighted by Crippen LogP contribution is -2.18. The standard InChI is InChI=1S/C17H20ClFN2/c1-4-20-12(2)13-9-10-16(14(18)11-13)21(3)17-8-6-5-7-15(17)19/h5-12,20H,4H2,1-3H3. The lowest BCUT2D eigenvalue weighted by Gasteiger charge is -2.22. The molecule has 1 unspecified atom stereocenters. The van der Waals surface area contributed by atoms with E-state index in [0.29, 0.717) is 10.7 Å². The number of anilines is 2. The highest BCUT2D eigenvalue weighted by atomic mass is 35.5. The van der Waals surface area contributed by atoms with Gasteiger partial charge in [-0.15, -0.1) is 0 Å². The fourth-order valence-electron chi connectivity index (χ4n) is 2.34. The van der Waals surface area contributed by atoms with Crippen LogP contribution in [0.1, 0.15) is 25.5 Å². The summed E-state index contributed by atoms with van der Waals surface area (Å²) in [6.45, 7) is 5.06. The molecule has 0 saturated carbocycles. The van der Waals surface area contributed by atoms with E-state index in [1.54, 1.807) is 17.0 Å². The molecule has 2 nitrogen and oxygen atoms in total. The molecule has 1 N–H and O–H groups in total. The van der Waals surface area contributed by atoms with E-state index in [2.05, 4.69) is 19.2 Å². The van der Waals surface area contributed by atoms with Crippen LogP contribution in [0.5, 0.6) is 0 Å². The molecule has 2 aromatic rings. The van der Waals surface area contributed by atoms with Crippen LogP contribution in [0.15, 0.2) is 42.5 Å². The average molecular weight is 307 g/mol. The molecule has 0 aliphatic rings. The van der Waals surface area contributed by atoms with Crippen molar-refractivity contribution in [2.24, 2.45) is 0 Å². The zero-order valence-electron chi connectivity index (χ0n) is 12.5. The van der Waals surface area contributed by atoms with Crippen LogP contribution in [0, 0.1) is 5.82 Å². The van der Waals surface area contributed by atoms with Gasteiger partial charge in [0.25, 0.3) is 0 Å². The monoisotopic (exact) mass is 306 g/mol. The maximum Gasteiger partial charge on any atom is 0.146 e. The molecule has 2 rings (SSSR count). The van der Waals surface area contributed by atoms with Gasteiger partial charge in [0.1, 0.15) is 5.82 Å². The lowest BCUT2D eigenvalue weighted by molar-refractivity contribution is 0.598. The summed E-state index contributed by atoms with van der Waals surface area (Å²) in [5.74, 6) is -0.263. The van der Waals surface area contributed by atoms with E-state index in [-0.39, 0.29) is 11.9 Å². The number of nitrogens with one attached hydrogen (secondary N) is 1. The summed E-state index contributed by atoms with van der Waals surface area (Å²) in [5.41, 5.74) is 2.41. The Bertz CT molecular complexity index is 615. The van der Waals surface area contributed by atoms with Crippen LogP contribution in [-0.2, 0) is 0 Å². The number of rotatable bonds is 5. The van der Waals surface area contributed by atoms with E-state index >= 15 is 0 Å². The van der Waals surface area contributed by atoms with Crippen LogP contribution in [0.3, 0.4) is 0 Å². The summed E-state index contributed by atoms with van der Waals surface area (Å²) in [6.07, 6.45) is 0. The Kier molecular flexibility index (Phi) is 5.21. The zero-order chi connectivity index (χ0) is 15.4. The smallest absolute Gasteiger partial charge is 0.146 e. The van der Waals surface area contributed by atoms with Gasteiger partial charge in [0.2, 0.25) is 0 Å². The minimum atomic E-state index is -0.263. The van der Waals surface area contributed by atoms with Crippen molar-refractivity contribution in [1.82, 2.24) is 5.32 Å². The Morgan fingerprint density at radius 1 is 1.19 bits per heavy atom. The van der Waals surface area contributed by atoms with Crippen molar-refractivity contribution in [3.05, 3.63) is 58.9 Å². The first-order valence-electron chi connectivity index (χ1n) is 7.05. The van der Waals surface area contributed by atoms with Crippen molar-refractivity contribution < 1.29 is 4.39 Å². The Morgan fingerprint density at radius 2 is 1.90 bits per heavy atom. The summed E-state index contributed by atoms with van der Waals surface area (Å²) >= 11 is 6.38. The molecule has 4 heteroatoms. The van der Waals surface area contributed by atoms with Crippen LogP contribution < -0.4 is 10.2 Å². The van der Waals surface area contributed by atoms with Crippen LogP contribution in [0.4, 0.5) is 15.8 Å². The molecule has 0 radical (unpaired) electrons. The fourth-order valence-corrected chi connectivity index (χ4v) is 2.66. The van der Waals surface area contributed by atoms with Gasteiger partial charge < -0.3 is 10.2 Å². The van der Waals surface area contributed by atoms with Crippen molar-refractivity contribution in [3.8, 4) is 0 Å². The first-order valence-corrected chi connectivity index (χ1v) is 7.43. The molecule has 0 saturated heterocycles. The zero-order valence-corrected chi connectivity index (χ0v) is 13.3. The van der Waals surface area contributed by atoms with E-state index < -0.39 is 0 Å². The first-order chi connectivity index (χ1) is 10.0. The number of benzene rings is 2. The number of hydrogen-bond donors (Lipinski definition) is 1. The maximum atomic E-state index is 13.9. The number of para-hydroxylation sites is 1. The molecule has 0 fully saturated rings. The Morgan fingerprint density at radius 3 is 2.52 bits per heavy atom. The minimum Gasteiger partial charge on any atom is -0.341 e. The number of hydrogen-bond acceptors (Lipinski definition) is 2. The molecule has 0 heterocycles. The third-order valence-electron chi connectivity index (χ3n) is 3.56. The summed E-state index contributed by atoms with van der Waals surface area (Å²) in [7, 11) is 1.81. The van der Waals surface area contributed by atoms with E-state index in [4.69, 9.17) is 11.6 Å². The molecule has 0 amide bonds. The van der Waals surface area contributed by atoms with Gasteiger partial charge in [-0.05, 0) is 43.3 Å². The molecule has 21 heavy (non-hydrogen) atoms. The normalized spacial score (nSPS) is 12.2. The third-order valence-corrected chi connectivity index (χ3v) is 3.86. The molecular formula is C17H20ClFN2. The highest BCUT2D eigenvalue weighted by Gasteiger charge is 2.13. The van der Waals surface area contributed by atoms with Gasteiger partial charge in [-0.3, -0.25) is 0 Å². The van der Waals surface area contributed by atoms with Gasteiger partial charge >= 0.3 is 0 Å². The second-order valence-electron chi connectivity index (χ2n) is 5.00. The summed E-state index contributed by atoms with van der Waals surface area (Å²) in [6, 6.07) is 12.8. The minimum absolute atomic E-state index is 0.236. The molecule has 0 aromatic heterocycles. The Hall–Kier alpha value is -1.58. The number of halogens is 2. The van der Waals surface area contributed by atoms with Crippen molar-refractivity contribution in [2.45, 2.75) is 19.9 Å². The predicted octanol–water partition coefficient (Wildman–Crippen LogP) is 4.92. The highest BCUT2D eigenvalue weighted by Crippen LogP contribution is 2.33. The van der Waals surface area contributed by atoms with Gasteiger partial charge in [-0.1, -0.05) is 36.7 Å². The number of nitrogens with zero attached hydrogens (tertiary/aromatic N) is 1. The van der Waals surface area contributed by atoms with Crippen LogP contribution >= 0.6 is 11.6 Å². The van der Waals surface area contributed by atoms with Gasteiger partial charge in [0, 0.05) is 13.1 Å². The second kappa shape index (κ2) is 6.92. The average Bonchev–Trinajstić information content (AvgIpc) is 2.47. The molecule has 112 valence electrons. The van der Waals surface area contributed by atoms with E-state index in [1.165, 1.54) is 6.07 Å². The topological polar surface area (TPSA) is 15.3 Å². The van der Waals surface area contributed by atoms with E-state index in [1.807, 2.05) is 31.3 Å². The predicted molar refractivity (Wildman–Crippen MR) is 88.0 cm³/mol. The van der Waals surface area contributed by atoms with Gasteiger partial charge in [0.15, 0.2) is 0 Å². The fraction of sp³-hybridized carbons (Fsp3) is 0.294. The van der Waals surface area contributed by atoms with Crippen molar-refractivity contribution in [1.29, 1.82) is 0 Å². The largest absolute Gasteiger partial charge is 0.341 e. The van der Waals surface area contributed by atoms with Gasteiger partial charge in [-0.2, -0.15) is 0 Å². The van der Waals surface area contributed by atoms with Gasteiger partial charge in [-0.25, -0.2) is 4.39 Å². The van der Waals surface area contributed by atoms with E-state index in [9.17, 15) is 4.39 Å². The van der Waals surface area contributed by atoms with Crippen LogP contribution in [-0.4, -0.2) is 13.6 Å². The Balaban J connectivity index is 2.31. The molecule has 0 aliphatic carbocycles. The molecule has 1 atom stereocenters. The quantitative estimate of drug-likeness (QED) is 0.843. The molecule has 0 aliphatic heterocycles. The van der Waals surface area contributed by atoms with Crippen LogP contribution in [0.2, 0.25) is 5.02 Å². The lowest BCUT2D eigenvalue weighted by atomic mass is 10.1. The molecular weight excluding hydrogens is 287 g/mol. The summed E-state index contributed by atoms with van der Waals surface area (Å²) in [5, 5.41) is 3.96. The maximum absolute atomic E-state index is 13.9. The summed E-state index contributed by atoms with van der Waals surface area (Å²) in [4.78, 5) is 1.76. The van der Waals surface area contributed by atoms with Crippen LogP contribution in [0.25, 0.3) is 0 Å². The van der Waals surface area contributed by atoms with E-state index in [0.717, 1.165) is 17.8 Å². The Labute approximate surface area is 130 Å². The summed E-state index contributed by atoms with van der Waals surface area (Å²) < 4.78 is 13.9. The van der Waals surface area contributed by atoms with Crippen molar-refractivity contribution in [3.63, 3.8) is 0 Å². The first kappa shape index (κ1) is 15.8. The van der Waals surface area contributed by atoms with Gasteiger partial charge in [0.05, 0.1) is 16.4 Å². The SMILES string of the molecule is CCNC(C)c1ccc(N(C)c2ccccc2F)c(Cl)c1. The molecule has 0 spiro atoms. The van der Waals surface area contributed by atoms with Crippen molar-refractivity contribution >= 4 is 23.0 Å². The second-order valence-corrected chi connectivity index (χ2v) is 5.41.